The summed E-state index contributed by atoms with van der Waals surface area (Å²) in [5.74, 6) is -2.59. The monoisotopic (exact) mass is 720 g/mol. The van der Waals surface area contributed by atoms with Crippen LogP contribution in [0.5, 0.6) is 0 Å². The van der Waals surface area contributed by atoms with E-state index in [1.54, 1.807) is 76.2 Å². The molecular weight excluding hydrogens is 671 g/mol. The van der Waals surface area contributed by atoms with Crippen molar-refractivity contribution >= 4 is 31.7 Å². The molecule has 0 amide bonds. The van der Waals surface area contributed by atoms with E-state index in [2.05, 4.69) is 0 Å². The number of hydrogen-bond donors (Lipinski definition) is 0. The Bertz CT molecular complexity index is 1340. The van der Waals surface area contributed by atoms with Gasteiger partial charge in [0.15, 0.2) is 18.3 Å². The predicted octanol–water partition coefficient (Wildman–Crippen LogP) is 6.75. The summed E-state index contributed by atoms with van der Waals surface area (Å²) < 4.78 is 61.1. The van der Waals surface area contributed by atoms with Crippen LogP contribution in [0, 0.1) is 0 Å². The van der Waals surface area contributed by atoms with E-state index in [1.165, 1.54) is 0 Å². The van der Waals surface area contributed by atoms with Crippen molar-refractivity contribution in [2.45, 2.75) is 123 Å². The van der Waals surface area contributed by atoms with Gasteiger partial charge in [0, 0.05) is 25.7 Å². The third-order valence-electron chi connectivity index (χ3n) is 7.32. The number of ether oxygens (including phenoxy) is 5. The molecule has 5 atom stereocenters. The van der Waals surface area contributed by atoms with E-state index in [1.807, 2.05) is 12.1 Å². The Balaban J connectivity index is 2.07. The summed E-state index contributed by atoms with van der Waals surface area (Å²) in [5.41, 5.74) is 1.32. The van der Waals surface area contributed by atoms with Crippen LogP contribution in [-0.4, -0.2) is 61.2 Å². The van der Waals surface area contributed by atoms with Crippen molar-refractivity contribution < 1.29 is 61.0 Å². The van der Waals surface area contributed by atoms with Gasteiger partial charge in [-0.1, -0.05) is 88.4 Å². The second-order valence-corrected chi connectivity index (χ2v) is 13.3. The molecular formula is C36H49O13P. The van der Waals surface area contributed by atoms with Gasteiger partial charge in [-0.15, -0.1) is 0 Å². The fourth-order valence-corrected chi connectivity index (χ4v) is 6.11. The molecule has 2 aromatic rings. The largest absolute Gasteiger partial charge is 0.477 e. The van der Waals surface area contributed by atoms with Crippen LogP contribution in [-0.2, 0) is 74.2 Å². The molecule has 0 spiro atoms. The minimum atomic E-state index is -4.59. The van der Waals surface area contributed by atoms with Crippen LogP contribution in [0.25, 0.3) is 0 Å². The van der Waals surface area contributed by atoms with Crippen LogP contribution >= 0.6 is 7.82 Å². The van der Waals surface area contributed by atoms with Gasteiger partial charge < -0.3 is 23.7 Å². The smallest absolute Gasteiger partial charge is 0.463 e. The maximum absolute atomic E-state index is 14.5. The Morgan fingerprint density at radius 3 is 1.48 bits per heavy atom. The quantitative estimate of drug-likeness (QED) is 0.0758. The number of phosphoric acid groups is 1. The average Bonchev–Trinajstić information content (AvgIpc) is 3.09. The third-order valence-corrected chi connectivity index (χ3v) is 8.67. The average molecular weight is 721 g/mol. The fraction of sp³-hybridized carbons (Fsp3) is 0.556. The van der Waals surface area contributed by atoms with Gasteiger partial charge in [-0.05, 0) is 36.8 Å². The van der Waals surface area contributed by atoms with Crippen molar-refractivity contribution in [3.63, 3.8) is 0 Å². The zero-order valence-corrected chi connectivity index (χ0v) is 30.1. The highest BCUT2D eigenvalue weighted by Gasteiger charge is 2.55. The lowest BCUT2D eigenvalue weighted by atomic mass is 9.98. The second kappa shape index (κ2) is 21.6. The van der Waals surface area contributed by atoms with Gasteiger partial charge >= 0.3 is 31.7 Å². The van der Waals surface area contributed by atoms with Gasteiger partial charge in [0.25, 0.3) is 0 Å². The van der Waals surface area contributed by atoms with Gasteiger partial charge in [0.2, 0.25) is 6.29 Å². The molecule has 0 aliphatic carbocycles. The highest BCUT2D eigenvalue weighted by molar-refractivity contribution is 7.48. The molecule has 14 heteroatoms. The van der Waals surface area contributed by atoms with E-state index < -0.39 is 69.0 Å². The molecule has 1 heterocycles. The summed E-state index contributed by atoms with van der Waals surface area (Å²) in [5, 5.41) is 0. The van der Waals surface area contributed by atoms with E-state index in [0.717, 1.165) is 0 Å². The molecule has 0 bridgehead atoms. The van der Waals surface area contributed by atoms with Crippen molar-refractivity contribution in [2.75, 3.05) is 6.61 Å². The minimum absolute atomic E-state index is 0.0108. The lowest BCUT2D eigenvalue weighted by molar-refractivity contribution is -0.293. The number of esters is 4. The van der Waals surface area contributed by atoms with Crippen molar-refractivity contribution in [2.24, 2.45) is 0 Å². The number of carbonyl (C=O) groups is 4. The molecule has 0 saturated carbocycles. The molecule has 3 rings (SSSR count). The van der Waals surface area contributed by atoms with Crippen molar-refractivity contribution in [1.82, 2.24) is 0 Å². The van der Waals surface area contributed by atoms with E-state index in [-0.39, 0.29) is 38.9 Å². The van der Waals surface area contributed by atoms with Gasteiger partial charge in [-0.2, -0.15) is 0 Å². The molecule has 0 radical (unpaired) electrons. The summed E-state index contributed by atoms with van der Waals surface area (Å²) in [4.78, 5) is 51.4. The SMILES string of the molecule is CCCC(=O)OC[C@H]1O[C@H](OP(=O)(OCc2ccccc2)OCc2ccccc2)[C@@H](OC(=O)CCC)[C@@H](OC(=O)CCC)[C@@H]1OC(=O)CCC. The molecule has 0 aromatic heterocycles. The summed E-state index contributed by atoms with van der Waals surface area (Å²) in [6, 6.07) is 17.8. The second-order valence-electron chi connectivity index (χ2n) is 11.7. The van der Waals surface area contributed by atoms with Crippen LogP contribution in [0.15, 0.2) is 60.7 Å². The number of carbonyl (C=O) groups excluding carboxylic acids is 4. The van der Waals surface area contributed by atoms with Crippen LogP contribution in [0.1, 0.15) is 90.2 Å². The Labute approximate surface area is 293 Å². The first-order valence-electron chi connectivity index (χ1n) is 17.2. The highest BCUT2D eigenvalue weighted by Crippen LogP contribution is 2.53. The van der Waals surface area contributed by atoms with E-state index in [9.17, 15) is 23.7 Å². The standard InChI is InChI=1S/C36H49O13P/c1-5-15-29(37)42-25-28-33(46-30(38)16-6-2)34(47-31(39)17-7-3)35(48-32(40)18-8-4)36(45-28)49-50(41,43-23-26-19-11-9-12-20-26)44-24-27-21-13-10-14-22-27/h9-14,19-22,28,33-36H,5-8,15-18,23-25H2,1-4H3/t28-,33-,34+,35+,36-/m1/s1. The van der Waals surface area contributed by atoms with Crippen LogP contribution in [0.2, 0.25) is 0 Å². The van der Waals surface area contributed by atoms with Crippen molar-refractivity contribution in [3.8, 4) is 0 Å². The first-order chi connectivity index (χ1) is 24.1. The first-order valence-corrected chi connectivity index (χ1v) is 18.6. The van der Waals surface area contributed by atoms with Gasteiger partial charge in [0.1, 0.15) is 12.7 Å². The summed E-state index contributed by atoms with van der Waals surface area (Å²) >= 11 is 0. The molecule has 2 aromatic carbocycles. The van der Waals surface area contributed by atoms with Gasteiger partial charge in [0.05, 0.1) is 13.2 Å². The molecule has 1 aliphatic rings. The Kier molecular flexibility index (Phi) is 17.6. The zero-order chi connectivity index (χ0) is 36.4. The van der Waals surface area contributed by atoms with E-state index in [0.29, 0.717) is 36.8 Å². The molecule has 276 valence electrons. The molecule has 13 nitrogen and oxygen atoms in total. The zero-order valence-electron chi connectivity index (χ0n) is 29.2. The van der Waals surface area contributed by atoms with Gasteiger partial charge in [-0.25, -0.2) is 4.57 Å². The van der Waals surface area contributed by atoms with E-state index >= 15 is 0 Å². The van der Waals surface area contributed by atoms with Crippen LogP contribution in [0.4, 0.5) is 0 Å². The molecule has 1 fully saturated rings. The highest BCUT2D eigenvalue weighted by atomic mass is 31.2. The first kappa shape index (κ1) is 40.8. The van der Waals surface area contributed by atoms with Crippen molar-refractivity contribution in [3.05, 3.63) is 71.8 Å². The normalized spacial score (nSPS) is 20.4. The fourth-order valence-electron chi connectivity index (χ4n) is 4.88. The maximum Gasteiger partial charge on any atom is 0.477 e. The number of benzene rings is 2. The molecule has 0 unspecified atom stereocenters. The van der Waals surface area contributed by atoms with Crippen LogP contribution in [0.3, 0.4) is 0 Å². The Morgan fingerprint density at radius 1 is 0.600 bits per heavy atom. The maximum atomic E-state index is 14.5. The van der Waals surface area contributed by atoms with Crippen LogP contribution < -0.4 is 0 Å². The topological polar surface area (TPSA) is 159 Å². The number of rotatable bonds is 21. The Hall–Kier alpha value is -3.61. The Morgan fingerprint density at radius 2 is 1.02 bits per heavy atom. The third kappa shape index (κ3) is 13.6. The number of phosphoric ester groups is 1. The lowest BCUT2D eigenvalue weighted by Gasteiger charge is -2.44. The predicted molar refractivity (Wildman–Crippen MR) is 180 cm³/mol. The molecule has 50 heavy (non-hydrogen) atoms. The molecule has 0 N–H and O–H groups in total. The molecule has 1 saturated heterocycles. The molecule has 1 aliphatic heterocycles. The van der Waals surface area contributed by atoms with E-state index in [4.69, 9.17) is 37.3 Å². The summed E-state index contributed by atoms with van der Waals surface area (Å²) in [7, 11) is -4.59. The summed E-state index contributed by atoms with van der Waals surface area (Å²) in [6.45, 7) is 6.29. The number of hydrogen-bond acceptors (Lipinski definition) is 13. The lowest BCUT2D eigenvalue weighted by Crippen LogP contribution is -2.63. The van der Waals surface area contributed by atoms with Crippen molar-refractivity contribution in [1.29, 1.82) is 0 Å². The minimum Gasteiger partial charge on any atom is -0.463 e. The summed E-state index contributed by atoms with van der Waals surface area (Å²) in [6.07, 6.45) is -5.69. The van der Waals surface area contributed by atoms with Gasteiger partial charge in [-0.3, -0.25) is 32.7 Å².